The molecular formula is C21H23FN2O4. The van der Waals surface area contributed by atoms with Gasteiger partial charge in [-0.05, 0) is 61.7 Å². The molecule has 7 heteroatoms. The highest BCUT2D eigenvalue weighted by Gasteiger charge is 2.47. The minimum Gasteiger partial charge on any atom is -0.497 e. The van der Waals surface area contributed by atoms with Crippen molar-refractivity contribution in [1.82, 2.24) is 10.2 Å². The predicted molar refractivity (Wildman–Crippen MR) is 102 cm³/mol. The molecule has 1 fully saturated rings. The van der Waals surface area contributed by atoms with Crippen molar-refractivity contribution in [1.29, 1.82) is 0 Å². The van der Waals surface area contributed by atoms with Crippen LogP contribution >= 0.6 is 0 Å². The fourth-order valence-electron chi connectivity index (χ4n) is 3.09. The van der Waals surface area contributed by atoms with E-state index in [1.807, 2.05) is 24.3 Å². The fraction of sp³-hybridized carbons (Fsp3) is 0.333. The third kappa shape index (κ3) is 4.42. The first-order valence-corrected chi connectivity index (χ1v) is 9.07. The first kappa shape index (κ1) is 19.7. The van der Waals surface area contributed by atoms with Crippen LogP contribution in [0, 0.1) is 5.82 Å². The molecule has 0 bridgehead atoms. The zero-order valence-electron chi connectivity index (χ0n) is 15.9. The van der Waals surface area contributed by atoms with E-state index in [1.54, 1.807) is 14.0 Å². The summed E-state index contributed by atoms with van der Waals surface area (Å²) in [6.45, 7) is 2.00. The van der Waals surface area contributed by atoms with Crippen molar-refractivity contribution in [2.24, 2.45) is 0 Å². The van der Waals surface area contributed by atoms with Gasteiger partial charge < -0.3 is 14.8 Å². The number of nitrogens with one attached hydrogen (secondary N) is 1. The lowest BCUT2D eigenvalue weighted by Gasteiger charge is -2.21. The summed E-state index contributed by atoms with van der Waals surface area (Å²) in [5, 5.41) is 2.79. The highest BCUT2D eigenvalue weighted by atomic mass is 19.1. The molecule has 0 radical (unpaired) electrons. The number of imide groups is 1. The van der Waals surface area contributed by atoms with E-state index >= 15 is 0 Å². The molecule has 1 saturated heterocycles. The van der Waals surface area contributed by atoms with Crippen LogP contribution in [-0.4, -0.2) is 42.6 Å². The number of rotatable bonds is 8. The van der Waals surface area contributed by atoms with Crippen molar-refractivity contribution in [2.75, 3.05) is 20.3 Å². The summed E-state index contributed by atoms with van der Waals surface area (Å²) in [7, 11) is 1.61. The highest BCUT2D eigenvalue weighted by Crippen LogP contribution is 2.24. The number of amides is 3. The Labute approximate surface area is 163 Å². The molecule has 3 rings (SSSR count). The maximum Gasteiger partial charge on any atom is 0.325 e. The molecule has 3 amide bonds. The highest BCUT2D eigenvalue weighted by molar-refractivity contribution is 6.06. The largest absolute Gasteiger partial charge is 0.497 e. The van der Waals surface area contributed by atoms with Gasteiger partial charge in [-0.1, -0.05) is 12.1 Å². The van der Waals surface area contributed by atoms with Crippen LogP contribution < -0.4 is 14.8 Å². The number of nitrogens with zero attached hydrogens (tertiary/aromatic N) is 1. The fourth-order valence-corrected chi connectivity index (χ4v) is 3.09. The molecule has 1 unspecified atom stereocenters. The first-order chi connectivity index (χ1) is 13.4. The van der Waals surface area contributed by atoms with Crippen LogP contribution in [0.1, 0.15) is 18.9 Å². The van der Waals surface area contributed by atoms with Crippen LogP contribution in [0.15, 0.2) is 48.5 Å². The maximum absolute atomic E-state index is 12.9. The number of aryl methyl sites for hydroxylation is 1. The van der Waals surface area contributed by atoms with Gasteiger partial charge in [-0.3, -0.25) is 9.69 Å². The summed E-state index contributed by atoms with van der Waals surface area (Å²) in [5.74, 6) is 0.631. The molecule has 1 aliphatic rings. The second-order valence-electron chi connectivity index (χ2n) is 6.87. The van der Waals surface area contributed by atoms with Crippen molar-refractivity contribution in [3.8, 4) is 11.5 Å². The van der Waals surface area contributed by atoms with E-state index in [9.17, 15) is 14.0 Å². The number of ether oxygens (including phenoxy) is 2. The van der Waals surface area contributed by atoms with Gasteiger partial charge in [0.25, 0.3) is 5.91 Å². The van der Waals surface area contributed by atoms with E-state index in [-0.39, 0.29) is 24.9 Å². The Balaban J connectivity index is 1.54. The normalized spacial score (nSPS) is 18.9. The molecule has 2 aromatic rings. The number of halogens is 1. The van der Waals surface area contributed by atoms with Crippen LogP contribution in [0.4, 0.5) is 9.18 Å². The van der Waals surface area contributed by atoms with E-state index in [4.69, 9.17) is 9.47 Å². The van der Waals surface area contributed by atoms with E-state index in [0.29, 0.717) is 18.6 Å². The Morgan fingerprint density at radius 1 is 1.04 bits per heavy atom. The minimum absolute atomic E-state index is 0.125. The standard InChI is InChI=1S/C21H23FN2O4/c1-21(12-11-15-3-7-17(27-2)8-4-15)19(25)24(20(26)23-21)13-14-28-18-9-5-16(22)6-10-18/h3-10H,11-14H2,1-2H3,(H,23,26). The molecule has 2 aromatic carbocycles. The Hall–Kier alpha value is -3.09. The molecule has 1 atom stereocenters. The Morgan fingerprint density at radius 2 is 1.68 bits per heavy atom. The lowest BCUT2D eigenvalue weighted by molar-refractivity contribution is -0.131. The lowest BCUT2D eigenvalue weighted by Crippen LogP contribution is -2.44. The summed E-state index contributed by atoms with van der Waals surface area (Å²) >= 11 is 0. The van der Waals surface area contributed by atoms with Crippen molar-refractivity contribution in [3.05, 3.63) is 59.9 Å². The molecule has 0 aromatic heterocycles. The predicted octanol–water partition coefficient (Wildman–Crippen LogP) is 3.16. The molecule has 0 saturated carbocycles. The van der Waals surface area contributed by atoms with E-state index in [0.717, 1.165) is 16.2 Å². The van der Waals surface area contributed by atoms with Crippen LogP contribution in [0.2, 0.25) is 0 Å². The third-order valence-electron chi connectivity index (χ3n) is 4.82. The molecule has 28 heavy (non-hydrogen) atoms. The van der Waals surface area contributed by atoms with Crippen molar-refractivity contribution >= 4 is 11.9 Å². The van der Waals surface area contributed by atoms with Gasteiger partial charge in [-0.15, -0.1) is 0 Å². The van der Waals surface area contributed by atoms with Gasteiger partial charge in [0.05, 0.1) is 13.7 Å². The van der Waals surface area contributed by atoms with Crippen LogP contribution in [0.25, 0.3) is 0 Å². The molecule has 0 spiro atoms. The Morgan fingerprint density at radius 3 is 2.32 bits per heavy atom. The molecule has 1 N–H and O–H groups in total. The van der Waals surface area contributed by atoms with Crippen molar-refractivity contribution in [2.45, 2.75) is 25.3 Å². The van der Waals surface area contributed by atoms with Crippen LogP contribution in [-0.2, 0) is 11.2 Å². The number of urea groups is 1. The molecule has 0 aliphatic carbocycles. The van der Waals surface area contributed by atoms with E-state index in [1.165, 1.54) is 24.3 Å². The summed E-state index contributed by atoms with van der Waals surface area (Å²) in [5.41, 5.74) is 0.106. The van der Waals surface area contributed by atoms with Crippen LogP contribution in [0.5, 0.6) is 11.5 Å². The third-order valence-corrected chi connectivity index (χ3v) is 4.82. The number of methoxy groups -OCH3 is 1. The van der Waals surface area contributed by atoms with Gasteiger partial charge in [0, 0.05) is 0 Å². The number of carbonyl (C=O) groups excluding carboxylic acids is 2. The van der Waals surface area contributed by atoms with Crippen molar-refractivity contribution in [3.63, 3.8) is 0 Å². The van der Waals surface area contributed by atoms with Gasteiger partial charge in [-0.2, -0.15) is 0 Å². The number of carbonyl (C=O) groups is 2. The Kier molecular flexibility index (Phi) is 5.82. The number of benzene rings is 2. The van der Waals surface area contributed by atoms with Gasteiger partial charge in [-0.25, -0.2) is 9.18 Å². The van der Waals surface area contributed by atoms with Gasteiger partial charge >= 0.3 is 6.03 Å². The number of hydrogen-bond donors (Lipinski definition) is 1. The average molecular weight is 386 g/mol. The monoisotopic (exact) mass is 386 g/mol. The van der Waals surface area contributed by atoms with E-state index in [2.05, 4.69) is 5.32 Å². The zero-order chi connectivity index (χ0) is 20.1. The summed E-state index contributed by atoms with van der Waals surface area (Å²) < 4.78 is 23.5. The Bertz CT molecular complexity index is 838. The summed E-state index contributed by atoms with van der Waals surface area (Å²) in [4.78, 5) is 26.2. The molecule has 1 aliphatic heterocycles. The molecule has 6 nitrogen and oxygen atoms in total. The van der Waals surface area contributed by atoms with Gasteiger partial charge in [0.15, 0.2) is 0 Å². The first-order valence-electron chi connectivity index (χ1n) is 9.07. The smallest absolute Gasteiger partial charge is 0.325 e. The van der Waals surface area contributed by atoms with E-state index < -0.39 is 11.6 Å². The minimum atomic E-state index is -0.952. The molecule has 1 heterocycles. The molecular weight excluding hydrogens is 363 g/mol. The molecule has 148 valence electrons. The number of hydrogen-bond acceptors (Lipinski definition) is 4. The van der Waals surface area contributed by atoms with Crippen molar-refractivity contribution < 1.29 is 23.5 Å². The zero-order valence-corrected chi connectivity index (χ0v) is 15.9. The second kappa shape index (κ2) is 8.29. The van der Waals surface area contributed by atoms with Crippen LogP contribution in [0.3, 0.4) is 0 Å². The maximum atomic E-state index is 12.9. The van der Waals surface area contributed by atoms with Gasteiger partial charge in [0.1, 0.15) is 29.5 Å². The SMILES string of the molecule is COc1ccc(CCC2(C)NC(=O)N(CCOc3ccc(F)cc3)C2=O)cc1. The summed E-state index contributed by atoms with van der Waals surface area (Å²) in [6.07, 6.45) is 1.13. The topological polar surface area (TPSA) is 67.9 Å². The quantitative estimate of drug-likeness (QED) is 0.708. The van der Waals surface area contributed by atoms with Gasteiger partial charge in [0.2, 0.25) is 0 Å². The average Bonchev–Trinajstić information content (AvgIpc) is 2.91. The second-order valence-corrected chi connectivity index (χ2v) is 6.87. The summed E-state index contributed by atoms with van der Waals surface area (Å²) in [6, 6.07) is 12.8. The lowest BCUT2D eigenvalue weighted by atomic mass is 9.93.